The molecule has 4 aromatic rings. The molecule has 0 atom stereocenters. The SMILES string of the molecule is COc1ccc(/C=C/C(=O)Nc2cc(C)c3c(=O)oc4ccccc4c3n2)cc1OC. The highest BCUT2D eigenvalue weighted by atomic mass is 16.5. The lowest BCUT2D eigenvalue weighted by Crippen LogP contribution is -2.11. The molecular formula is C24H20N2O5. The first-order chi connectivity index (χ1) is 15.0. The zero-order valence-corrected chi connectivity index (χ0v) is 17.3. The molecule has 0 radical (unpaired) electrons. The number of aryl methyl sites for hydroxylation is 1. The summed E-state index contributed by atoms with van der Waals surface area (Å²) in [5, 5.41) is 3.86. The zero-order valence-electron chi connectivity index (χ0n) is 17.3. The standard InChI is InChI=1S/C24H20N2O5/c1-14-12-20(26-23-16-6-4-5-7-17(16)31-24(28)22(14)23)25-21(27)11-9-15-8-10-18(29-2)19(13-15)30-3/h4-13H,1-3H3,(H,25,26,27)/b11-9+. The summed E-state index contributed by atoms with van der Waals surface area (Å²) in [6, 6.07) is 14.2. The lowest BCUT2D eigenvalue weighted by molar-refractivity contribution is -0.111. The number of nitrogens with one attached hydrogen (secondary N) is 1. The van der Waals surface area contributed by atoms with Crippen LogP contribution < -0.4 is 20.4 Å². The monoisotopic (exact) mass is 416 g/mol. The molecule has 0 saturated heterocycles. The molecule has 4 rings (SSSR count). The van der Waals surface area contributed by atoms with Crippen molar-refractivity contribution >= 4 is 39.7 Å². The van der Waals surface area contributed by atoms with Crippen LogP contribution in [0.3, 0.4) is 0 Å². The van der Waals surface area contributed by atoms with E-state index in [1.54, 1.807) is 57.6 Å². The van der Waals surface area contributed by atoms with Crippen molar-refractivity contribution in [1.82, 2.24) is 4.98 Å². The second-order valence-electron chi connectivity index (χ2n) is 6.87. The van der Waals surface area contributed by atoms with E-state index in [1.165, 1.54) is 6.08 Å². The maximum absolute atomic E-state index is 12.5. The predicted molar refractivity (Wildman–Crippen MR) is 120 cm³/mol. The number of benzene rings is 2. The number of rotatable bonds is 5. The highest BCUT2D eigenvalue weighted by Gasteiger charge is 2.13. The van der Waals surface area contributed by atoms with Gasteiger partial charge in [0, 0.05) is 11.5 Å². The van der Waals surface area contributed by atoms with Crippen molar-refractivity contribution in [3.05, 3.63) is 76.2 Å². The van der Waals surface area contributed by atoms with Gasteiger partial charge < -0.3 is 19.2 Å². The first kappa shape index (κ1) is 20.2. The Morgan fingerprint density at radius 3 is 2.61 bits per heavy atom. The number of hydrogen-bond acceptors (Lipinski definition) is 6. The third-order valence-corrected chi connectivity index (χ3v) is 4.85. The molecule has 2 aromatic heterocycles. The Kier molecular flexibility index (Phi) is 5.41. The maximum atomic E-state index is 12.5. The van der Waals surface area contributed by atoms with Crippen LogP contribution in [-0.2, 0) is 4.79 Å². The van der Waals surface area contributed by atoms with E-state index in [0.717, 1.165) is 5.56 Å². The van der Waals surface area contributed by atoms with Gasteiger partial charge >= 0.3 is 5.63 Å². The minimum atomic E-state index is -0.454. The van der Waals surface area contributed by atoms with E-state index in [1.807, 2.05) is 18.2 Å². The van der Waals surface area contributed by atoms with Gasteiger partial charge in [0.15, 0.2) is 11.5 Å². The van der Waals surface area contributed by atoms with Gasteiger partial charge in [0.2, 0.25) is 5.91 Å². The van der Waals surface area contributed by atoms with Crippen molar-refractivity contribution in [3.63, 3.8) is 0 Å². The number of aromatic nitrogens is 1. The van der Waals surface area contributed by atoms with E-state index in [2.05, 4.69) is 10.3 Å². The fourth-order valence-corrected chi connectivity index (χ4v) is 3.39. The van der Waals surface area contributed by atoms with Gasteiger partial charge in [-0.1, -0.05) is 18.2 Å². The molecule has 156 valence electrons. The summed E-state index contributed by atoms with van der Waals surface area (Å²) in [5.41, 5.74) is 1.93. The Hall–Kier alpha value is -4.13. The normalized spacial score (nSPS) is 11.2. The largest absolute Gasteiger partial charge is 0.493 e. The second kappa shape index (κ2) is 8.31. The molecule has 7 heteroatoms. The summed E-state index contributed by atoms with van der Waals surface area (Å²) in [7, 11) is 3.11. The second-order valence-corrected chi connectivity index (χ2v) is 6.87. The number of amides is 1. The minimum Gasteiger partial charge on any atom is -0.493 e. The number of ether oxygens (including phenoxy) is 2. The van der Waals surface area contributed by atoms with E-state index in [-0.39, 0.29) is 5.91 Å². The molecule has 31 heavy (non-hydrogen) atoms. The Bertz CT molecular complexity index is 1390. The van der Waals surface area contributed by atoms with E-state index < -0.39 is 5.63 Å². The van der Waals surface area contributed by atoms with Gasteiger partial charge in [-0.05, 0) is 54.5 Å². The molecule has 7 nitrogen and oxygen atoms in total. The maximum Gasteiger partial charge on any atom is 0.346 e. The van der Waals surface area contributed by atoms with Gasteiger partial charge in [-0.25, -0.2) is 9.78 Å². The number of carbonyl (C=O) groups excluding carboxylic acids is 1. The summed E-state index contributed by atoms with van der Waals surface area (Å²) >= 11 is 0. The molecule has 0 bridgehead atoms. The van der Waals surface area contributed by atoms with Crippen LogP contribution in [0, 0.1) is 6.92 Å². The lowest BCUT2D eigenvalue weighted by atomic mass is 10.1. The van der Waals surface area contributed by atoms with Crippen LogP contribution in [0.15, 0.2) is 63.8 Å². The molecule has 0 spiro atoms. The Labute approximate surface area is 177 Å². The average Bonchev–Trinajstić information content (AvgIpc) is 2.77. The van der Waals surface area contributed by atoms with Gasteiger partial charge in [-0.3, -0.25) is 4.79 Å². The van der Waals surface area contributed by atoms with Crippen LogP contribution in [0.25, 0.3) is 27.9 Å². The van der Waals surface area contributed by atoms with Crippen molar-refractivity contribution in [1.29, 1.82) is 0 Å². The summed E-state index contributed by atoms with van der Waals surface area (Å²) in [4.78, 5) is 29.4. The quantitative estimate of drug-likeness (QED) is 0.296. The number of methoxy groups -OCH3 is 2. The van der Waals surface area contributed by atoms with Crippen LogP contribution in [0.4, 0.5) is 5.82 Å². The first-order valence-electron chi connectivity index (χ1n) is 9.54. The highest BCUT2D eigenvalue weighted by Crippen LogP contribution is 2.28. The molecule has 1 amide bonds. The number of para-hydroxylation sites is 1. The molecule has 0 unspecified atom stereocenters. The Morgan fingerprint density at radius 2 is 1.84 bits per heavy atom. The van der Waals surface area contributed by atoms with Crippen LogP contribution in [0.1, 0.15) is 11.1 Å². The molecule has 2 aromatic carbocycles. The Morgan fingerprint density at radius 1 is 1.06 bits per heavy atom. The third kappa shape index (κ3) is 3.98. The molecule has 2 heterocycles. The molecule has 0 fully saturated rings. The number of fused-ring (bicyclic) bond motifs is 3. The lowest BCUT2D eigenvalue weighted by Gasteiger charge is -2.08. The number of hydrogen-bond donors (Lipinski definition) is 1. The van der Waals surface area contributed by atoms with E-state index in [0.29, 0.717) is 44.8 Å². The minimum absolute atomic E-state index is 0.350. The number of pyridine rings is 1. The van der Waals surface area contributed by atoms with Crippen LogP contribution in [0.2, 0.25) is 0 Å². The molecule has 1 N–H and O–H groups in total. The highest BCUT2D eigenvalue weighted by molar-refractivity contribution is 6.05. The summed E-state index contributed by atoms with van der Waals surface area (Å²) in [6.45, 7) is 1.78. The van der Waals surface area contributed by atoms with Crippen molar-refractivity contribution in [2.24, 2.45) is 0 Å². The van der Waals surface area contributed by atoms with E-state index >= 15 is 0 Å². The number of carbonyl (C=O) groups is 1. The van der Waals surface area contributed by atoms with Crippen molar-refractivity contribution in [2.75, 3.05) is 19.5 Å². The van der Waals surface area contributed by atoms with Gasteiger partial charge in [-0.2, -0.15) is 0 Å². The smallest absolute Gasteiger partial charge is 0.346 e. The van der Waals surface area contributed by atoms with Crippen LogP contribution in [-0.4, -0.2) is 25.1 Å². The fourth-order valence-electron chi connectivity index (χ4n) is 3.39. The van der Waals surface area contributed by atoms with E-state index in [4.69, 9.17) is 13.9 Å². The average molecular weight is 416 g/mol. The molecule has 0 aliphatic carbocycles. The van der Waals surface area contributed by atoms with Crippen molar-refractivity contribution < 1.29 is 18.7 Å². The van der Waals surface area contributed by atoms with Gasteiger partial charge in [0.05, 0.1) is 25.1 Å². The van der Waals surface area contributed by atoms with E-state index in [9.17, 15) is 9.59 Å². The van der Waals surface area contributed by atoms with Gasteiger partial charge in [-0.15, -0.1) is 0 Å². The topological polar surface area (TPSA) is 90.7 Å². The molecular weight excluding hydrogens is 396 g/mol. The van der Waals surface area contributed by atoms with Gasteiger partial charge in [0.25, 0.3) is 0 Å². The third-order valence-electron chi connectivity index (χ3n) is 4.85. The molecule has 0 saturated carbocycles. The number of nitrogens with zero attached hydrogens (tertiary/aromatic N) is 1. The summed E-state index contributed by atoms with van der Waals surface area (Å²) in [6.07, 6.45) is 3.06. The summed E-state index contributed by atoms with van der Waals surface area (Å²) in [5.74, 6) is 1.18. The molecule has 0 aliphatic rings. The van der Waals surface area contributed by atoms with Crippen molar-refractivity contribution in [3.8, 4) is 11.5 Å². The predicted octanol–water partition coefficient (Wildman–Crippen LogP) is 4.32. The van der Waals surface area contributed by atoms with Crippen molar-refractivity contribution in [2.45, 2.75) is 6.92 Å². The van der Waals surface area contributed by atoms with Gasteiger partial charge in [0.1, 0.15) is 11.4 Å². The fraction of sp³-hybridized carbons (Fsp3) is 0.125. The first-order valence-corrected chi connectivity index (χ1v) is 9.54. The zero-order chi connectivity index (χ0) is 22.0. The Balaban J connectivity index is 1.64. The molecule has 0 aliphatic heterocycles. The van der Waals surface area contributed by atoms with Crippen LogP contribution in [0.5, 0.6) is 11.5 Å². The van der Waals surface area contributed by atoms with Crippen LogP contribution >= 0.6 is 0 Å². The summed E-state index contributed by atoms with van der Waals surface area (Å²) < 4.78 is 15.9. The number of anilines is 1.